The summed E-state index contributed by atoms with van der Waals surface area (Å²) in [6.45, 7) is 10.0. The fourth-order valence-corrected chi connectivity index (χ4v) is 6.36. The standard InChI is InChI=1S/C22H36N2O2/c1-15-6-5-9-22(2)13-20-17(12-19(15)22)18(21(25)26-20)14-24(4)16-7-10-23(3)11-8-16/h16-20H,1,5-14H2,2-4H3. The molecule has 4 nitrogen and oxygen atoms in total. The van der Waals surface area contributed by atoms with Crippen LogP contribution in [0.1, 0.15) is 51.9 Å². The van der Waals surface area contributed by atoms with Gasteiger partial charge in [-0.05, 0) is 83.5 Å². The van der Waals surface area contributed by atoms with E-state index >= 15 is 0 Å². The molecule has 2 heterocycles. The SMILES string of the molecule is C=C1CCCC2(C)CC3OC(=O)C(CN(C)C4CCN(C)CC4)C3CC12. The summed E-state index contributed by atoms with van der Waals surface area (Å²) in [5.74, 6) is 1.10. The summed E-state index contributed by atoms with van der Waals surface area (Å²) in [4.78, 5) is 17.6. The van der Waals surface area contributed by atoms with Gasteiger partial charge < -0.3 is 14.5 Å². The van der Waals surface area contributed by atoms with Crippen molar-refractivity contribution in [1.82, 2.24) is 9.80 Å². The van der Waals surface area contributed by atoms with Crippen LogP contribution in [0.15, 0.2) is 12.2 Å². The minimum absolute atomic E-state index is 0.0592. The number of nitrogens with zero attached hydrogens (tertiary/aromatic N) is 2. The Labute approximate surface area is 158 Å². The van der Waals surface area contributed by atoms with Gasteiger partial charge in [0.15, 0.2) is 0 Å². The Balaban J connectivity index is 1.44. The zero-order chi connectivity index (χ0) is 18.5. The maximum absolute atomic E-state index is 12.7. The molecule has 0 spiro atoms. The van der Waals surface area contributed by atoms with Crippen LogP contribution in [0, 0.1) is 23.2 Å². The van der Waals surface area contributed by atoms with E-state index in [1.807, 2.05) is 0 Å². The fourth-order valence-electron chi connectivity index (χ4n) is 6.36. The third kappa shape index (κ3) is 3.24. The van der Waals surface area contributed by atoms with Crippen molar-refractivity contribution < 1.29 is 9.53 Å². The Morgan fingerprint density at radius 3 is 2.81 bits per heavy atom. The molecule has 5 unspecified atom stereocenters. The van der Waals surface area contributed by atoms with Crippen LogP contribution in [0.3, 0.4) is 0 Å². The van der Waals surface area contributed by atoms with Crippen molar-refractivity contribution >= 4 is 5.97 Å². The number of carbonyl (C=O) groups excluding carboxylic acids is 1. The lowest BCUT2D eigenvalue weighted by atomic mass is 9.55. The Morgan fingerprint density at radius 2 is 2.08 bits per heavy atom. The van der Waals surface area contributed by atoms with Gasteiger partial charge in [0.25, 0.3) is 0 Å². The molecule has 2 saturated heterocycles. The van der Waals surface area contributed by atoms with Crippen LogP contribution in [0.5, 0.6) is 0 Å². The van der Waals surface area contributed by atoms with Gasteiger partial charge in [-0.3, -0.25) is 4.79 Å². The minimum Gasteiger partial charge on any atom is -0.462 e. The van der Waals surface area contributed by atoms with Crippen LogP contribution in [-0.2, 0) is 9.53 Å². The van der Waals surface area contributed by atoms with Crippen molar-refractivity contribution in [3.05, 3.63) is 12.2 Å². The molecule has 5 atom stereocenters. The lowest BCUT2D eigenvalue weighted by molar-refractivity contribution is -0.146. The van der Waals surface area contributed by atoms with E-state index in [1.54, 1.807) is 0 Å². The monoisotopic (exact) mass is 360 g/mol. The first-order valence-corrected chi connectivity index (χ1v) is 10.6. The van der Waals surface area contributed by atoms with Crippen molar-refractivity contribution in [2.45, 2.75) is 64.0 Å². The topological polar surface area (TPSA) is 32.8 Å². The second-order valence-corrected chi connectivity index (χ2v) is 9.88. The molecule has 0 aromatic heterocycles. The van der Waals surface area contributed by atoms with Crippen LogP contribution in [-0.4, -0.2) is 61.6 Å². The summed E-state index contributed by atoms with van der Waals surface area (Å²) >= 11 is 0. The highest BCUT2D eigenvalue weighted by Crippen LogP contribution is 2.56. The van der Waals surface area contributed by atoms with E-state index in [9.17, 15) is 4.79 Å². The second kappa shape index (κ2) is 6.94. The van der Waals surface area contributed by atoms with E-state index < -0.39 is 0 Å². The highest BCUT2D eigenvalue weighted by molar-refractivity contribution is 5.75. The lowest BCUT2D eigenvalue weighted by Crippen LogP contribution is -2.47. The van der Waals surface area contributed by atoms with Gasteiger partial charge in [0.1, 0.15) is 6.10 Å². The molecule has 2 aliphatic carbocycles. The Bertz CT molecular complexity index is 568. The smallest absolute Gasteiger partial charge is 0.310 e. The van der Waals surface area contributed by atoms with Gasteiger partial charge in [0.05, 0.1) is 5.92 Å². The quantitative estimate of drug-likeness (QED) is 0.571. The molecule has 4 aliphatic rings. The van der Waals surface area contributed by atoms with Gasteiger partial charge >= 0.3 is 5.97 Å². The van der Waals surface area contributed by atoms with Crippen LogP contribution in [0.25, 0.3) is 0 Å². The van der Waals surface area contributed by atoms with Gasteiger partial charge in [-0.2, -0.15) is 0 Å². The predicted octanol–water partition coefficient (Wildman–Crippen LogP) is 3.33. The number of hydrogen-bond donors (Lipinski definition) is 0. The zero-order valence-corrected chi connectivity index (χ0v) is 16.9. The number of piperidine rings is 1. The fraction of sp³-hybridized carbons (Fsp3) is 0.864. The summed E-state index contributed by atoms with van der Waals surface area (Å²) in [6, 6.07) is 0.608. The molecular weight excluding hydrogens is 324 g/mol. The summed E-state index contributed by atoms with van der Waals surface area (Å²) in [6.07, 6.45) is 8.40. The summed E-state index contributed by atoms with van der Waals surface area (Å²) in [7, 11) is 4.41. The number of esters is 1. The molecule has 4 rings (SSSR count). The number of fused-ring (bicyclic) bond motifs is 2. The number of carbonyl (C=O) groups is 1. The third-order valence-corrected chi connectivity index (χ3v) is 8.12. The van der Waals surface area contributed by atoms with Crippen LogP contribution < -0.4 is 0 Å². The maximum Gasteiger partial charge on any atom is 0.310 e. The molecule has 0 aromatic carbocycles. The third-order valence-electron chi connectivity index (χ3n) is 8.12. The minimum atomic E-state index is 0.0592. The molecule has 4 heteroatoms. The number of hydrogen-bond acceptors (Lipinski definition) is 4. The highest BCUT2D eigenvalue weighted by atomic mass is 16.6. The van der Waals surface area contributed by atoms with E-state index in [0.717, 1.165) is 32.5 Å². The van der Waals surface area contributed by atoms with Crippen molar-refractivity contribution in [2.75, 3.05) is 33.7 Å². The first-order valence-electron chi connectivity index (χ1n) is 10.6. The van der Waals surface area contributed by atoms with Crippen molar-refractivity contribution in [2.24, 2.45) is 23.2 Å². The second-order valence-electron chi connectivity index (χ2n) is 9.88. The van der Waals surface area contributed by atoms with Crippen LogP contribution in [0.4, 0.5) is 0 Å². The van der Waals surface area contributed by atoms with Gasteiger partial charge in [-0.25, -0.2) is 0 Å². The van der Waals surface area contributed by atoms with Gasteiger partial charge in [0.2, 0.25) is 0 Å². The average molecular weight is 361 g/mol. The molecule has 2 saturated carbocycles. The van der Waals surface area contributed by atoms with Gasteiger partial charge in [-0.1, -0.05) is 19.1 Å². The predicted molar refractivity (Wildman–Crippen MR) is 104 cm³/mol. The maximum atomic E-state index is 12.7. The normalized spacial score (nSPS) is 41.8. The van der Waals surface area contributed by atoms with E-state index in [4.69, 9.17) is 4.74 Å². The molecule has 0 aromatic rings. The van der Waals surface area contributed by atoms with E-state index in [0.29, 0.717) is 23.3 Å². The first kappa shape index (κ1) is 18.5. The lowest BCUT2D eigenvalue weighted by Gasteiger charge is -2.50. The van der Waals surface area contributed by atoms with Crippen LogP contribution >= 0.6 is 0 Å². The Morgan fingerprint density at radius 1 is 1.35 bits per heavy atom. The first-order chi connectivity index (χ1) is 12.4. The van der Waals surface area contributed by atoms with E-state index in [2.05, 4.69) is 37.4 Å². The molecule has 0 N–H and O–H groups in total. The van der Waals surface area contributed by atoms with Crippen molar-refractivity contribution in [1.29, 1.82) is 0 Å². The molecule has 2 aliphatic heterocycles. The number of likely N-dealkylation sites (tertiary alicyclic amines) is 1. The van der Waals surface area contributed by atoms with Crippen molar-refractivity contribution in [3.8, 4) is 0 Å². The zero-order valence-electron chi connectivity index (χ0n) is 16.9. The largest absolute Gasteiger partial charge is 0.462 e. The molecule has 0 amide bonds. The highest BCUT2D eigenvalue weighted by Gasteiger charge is 2.55. The average Bonchev–Trinajstić information content (AvgIpc) is 2.88. The molecule has 26 heavy (non-hydrogen) atoms. The van der Waals surface area contributed by atoms with E-state index in [1.165, 1.54) is 37.7 Å². The summed E-state index contributed by atoms with van der Waals surface area (Å²) in [5, 5.41) is 0. The van der Waals surface area contributed by atoms with E-state index in [-0.39, 0.29) is 18.0 Å². The molecule has 0 radical (unpaired) electrons. The van der Waals surface area contributed by atoms with Crippen molar-refractivity contribution in [3.63, 3.8) is 0 Å². The summed E-state index contributed by atoms with van der Waals surface area (Å²) in [5.41, 5.74) is 1.73. The number of allylic oxidation sites excluding steroid dienone is 1. The number of rotatable bonds is 3. The summed E-state index contributed by atoms with van der Waals surface area (Å²) < 4.78 is 5.93. The Kier molecular flexibility index (Phi) is 4.94. The van der Waals surface area contributed by atoms with Crippen LogP contribution in [0.2, 0.25) is 0 Å². The van der Waals surface area contributed by atoms with Gasteiger partial charge in [0, 0.05) is 18.5 Å². The molecule has 0 bridgehead atoms. The molecular formula is C22H36N2O2. The molecule has 146 valence electrons. The number of ether oxygens (including phenoxy) is 1. The molecule has 4 fully saturated rings. The Hall–Kier alpha value is -0.870. The van der Waals surface area contributed by atoms with Gasteiger partial charge in [-0.15, -0.1) is 0 Å².